The fourth-order valence-corrected chi connectivity index (χ4v) is 2.20. The summed E-state index contributed by atoms with van der Waals surface area (Å²) in [6, 6.07) is 4.73. The number of para-hydroxylation sites is 1. The standard InChI is InChI=1S/C15H23NO3/c1-2-3-4-5-6-7-8-10-13-11-9-12-14(15(13)17)16(18)19/h9,11-12,17H,2-8,10H2,1H3. The quantitative estimate of drug-likeness (QED) is 0.403. The van der Waals surface area contributed by atoms with E-state index >= 15 is 0 Å². The highest BCUT2D eigenvalue weighted by molar-refractivity contribution is 5.50. The molecule has 0 fully saturated rings. The van der Waals surface area contributed by atoms with E-state index in [1.807, 2.05) is 0 Å². The zero-order valence-electron chi connectivity index (χ0n) is 11.6. The van der Waals surface area contributed by atoms with Crippen LogP contribution < -0.4 is 0 Å². The van der Waals surface area contributed by atoms with E-state index < -0.39 is 4.92 Å². The van der Waals surface area contributed by atoms with Gasteiger partial charge in [0.1, 0.15) is 0 Å². The summed E-state index contributed by atoms with van der Waals surface area (Å²) >= 11 is 0. The molecule has 0 unspecified atom stereocenters. The zero-order chi connectivity index (χ0) is 14.1. The summed E-state index contributed by atoms with van der Waals surface area (Å²) in [7, 11) is 0. The number of benzene rings is 1. The van der Waals surface area contributed by atoms with Gasteiger partial charge in [-0.2, -0.15) is 0 Å². The number of hydrogen-bond acceptors (Lipinski definition) is 3. The van der Waals surface area contributed by atoms with Crippen molar-refractivity contribution in [2.45, 2.75) is 58.3 Å². The average Bonchev–Trinajstić information content (AvgIpc) is 2.39. The summed E-state index contributed by atoms with van der Waals surface area (Å²) in [6.07, 6.45) is 9.10. The van der Waals surface area contributed by atoms with Crippen LogP contribution in [0.15, 0.2) is 18.2 Å². The number of phenolic OH excluding ortho intramolecular Hbond substituents is 1. The maximum absolute atomic E-state index is 10.7. The molecule has 0 amide bonds. The van der Waals surface area contributed by atoms with E-state index in [-0.39, 0.29) is 11.4 Å². The van der Waals surface area contributed by atoms with Crippen LogP contribution in [0.1, 0.15) is 57.4 Å². The fraction of sp³-hybridized carbons (Fsp3) is 0.600. The van der Waals surface area contributed by atoms with E-state index in [2.05, 4.69) is 6.92 Å². The van der Waals surface area contributed by atoms with Gasteiger partial charge in [0, 0.05) is 11.6 Å². The lowest BCUT2D eigenvalue weighted by Crippen LogP contribution is -1.93. The van der Waals surface area contributed by atoms with Gasteiger partial charge in [0.25, 0.3) is 0 Å². The van der Waals surface area contributed by atoms with Gasteiger partial charge in [-0.3, -0.25) is 10.1 Å². The third-order valence-electron chi connectivity index (χ3n) is 3.34. The number of unbranched alkanes of at least 4 members (excludes halogenated alkanes) is 6. The van der Waals surface area contributed by atoms with E-state index in [0.717, 1.165) is 12.8 Å². The van der Waals surface area contributed by atoms with Crippen molar-refractivity contribution in [2.24, 2.45) is 0 Å². The Morgan fingerprint density at radius 2 is 1.74 bits per heavy atom. The highest BCUT2D eigenvalue weighted by atomic mass is 16.6. The Balaban J connectivity index is 2.33. The van der Waals surface area contributed by atoms with Gasteiger partial charge in [0.2, 0.25) is 0 Å². The Hall–Kier alpha value is -1.58. The fourth-order valence-electron chi connectivity index (χ4n) is 2.20. The maximum atomic E-state index is 10.7. The van der Waals surface area contributed by atoms with Gasteiger partial charge < -0.3 is 5.11 Å². The van der Waals surface area contributed by atoms with Gasteiger partial charge in [-0.25, -0.2) is 0 Å². The van der Waals surface area contributed by atoms with Crippen LogP contribution in [-0.2, 0) is 6.42 Å². The lowest BCUT2D eigenvalue weighted by Gasteiger charge is -2.05. The Morgan fingerprint density at radius 3 is 2.37 bits per heavy atom. The van der Waals surface area contributed by atoms with Crippen LogP contribution in [-0.4, -0.2) is 10.0 Å². The maximum Gasteiger partial charge on any atom is 0.310 e. The number of phenols is 1. The number of rotatable bonds is 9. The van der Waals surface area contributed by atoms with Crippen molar-refractivity contribution in [2.75, 3.05) is 0 Å². The van der Waals surface area contributed by atoms with Gasteiger partial charge >= 0.3 is 5.69 Å². The van der Waals surface area contributed by atoms with Crippen LogP contribution in [0.25, 0.3) is 0 Å². The highest BCUT2D eigenvalue weighted by Gasteiger charge is 2.15. The molecule has 0 bridgehead atoms. The molecule has 0 aliphatic carbocycles. The molecule has 19 heavy (non-hydrogen) atoms. The molecule has 1 aromatic rings. The molecule has 106 valence electrons. The first-order valence-electron chi connectivity index (χ1n) is 7.12. The first-order valence-corrected chi connectivity index (χ1v) is 7.12. The van der Waals surface area contributed by atoms with Crippen molar-refractivity contribution in [3.8, 4) is 5.75 Å². The van der Waals surface area contributed by atoms with Crippen molar-refractivity contribution in [3.05, 3.63) is 33.9 Å². The second kappa shape index (κ2) is 8.51. The first-order chi connectivity index (χ1) is 9.16. The van der Waals surface area contributed by atoms with E-state index in [1.54, 1.807) is 12.1 Å². The Labute approximate surface area is 114 Å². The molecular formula is C15H23NO3. The van der Waals surface area contributed by atoms with Crippen molar-refractivity contribution in [3.63, 3.8) is 0 Å². The number of hydrogen-bond donors (Lipinski definition) is 1. The Kier molecular flexibility index (Phi) is 6.93. The van der Waals surface area contributed by atoms with Crippen LogP contribution in [0.5, 0.6) is 5.75 Å². The predicted octanol–water partition coefficient (Wildman–Crippen LogP) is 4.59. The number of nitrogens with zero attached hydrogens (tertiary/aromatic N) is 1. The summed E-state index contributed by atoms with van der Waals surface area (Å²) in [5, 5.41) is 20.5. The van der Waals surface area contributed by atoms with Crippen LogP contribution >= 0.6 is 0 Å². The molecule has 1 rings (SSSR count). The molecule has 0 heterocycles. The lowest BCUT2D eigenvalue weighted by atomic mass is 10.0. The van der Waals surface area contributed by atoms with Gasteiger partial charge in [-0.05, 0) is 12.8 Å². The van der Waals surface area contributed by atoms with E-state index in [4.69, 9.17) is 0 Å². The molecule has 0 aliphatic rings. The van der Waals surface area contributed by atoms with Gasteiger partial charge in [0.15, 0.2) is 5.75 Å². The summed E-state index contributed by atoms with van der Waals surface area (Å²) in [5.41, 5.74) is 0.489. The van der Waals surface area contributed by atoms with Gasteiger partial charge in [-0.1, -0.05) is 57.6 Å². The van der Waals surface area contributed by atoms with Crippen LogP contribution in [0.3, 0.4) is 0 Å². The smallest absolute Gasteiger partial charge is 0.310 e. The molecule has 0 aliphatic heterocycles. The molecule has 1 N–H and O–H groups in total. The minimum absolute atomic E-state index is 0.168. The Bertz CT molecular complexity index is 404. The number of nitro groups is 1. The van der Waals surface area contributed by atoms with E-state index in [1.165, 1.54) is 38.2 Å². The Morgan fingerprint density at radius 1 is 1.11 bits per heavy atom. The van der Waals surface area contributed by atoms with Crippen LogP contribution in [0.4, 0.5) is 5.69 Å². The molecular weight excluding hydrogens is 242 g/mol. The van der Waals surface area contributed by atoms with Crippen molar-refractivity contribution >= 4 is 5.69 Å². The SMILES string of the molecule is CCCCCCCCCc1cccc([N+](=O)[O-])c1O. The highest BCUT2D eigenvalue weighted by Crippen LogP contribution is 2.30. The second-order valence-corrected chi connectivity index (χ2v) is 4.91. The monoisotopic (exact) mass is 265 g/mol. The van der Waals surface area contributed by atoms with Crippen LogP contribution in [0, 0.1) is 10.1 Å². The largest absolute Gasteiger partial charge is 0.502 e. The third-order valence-corrected chi connectivity index (χ3v) is 3.34. The van der Waals surface area contributed by atoms with Gasteiger partial charge in [0.05, 0.1) is 4.92 Å². The molecule has 0 atom stereocenters. The summed E-state index contributed by atoms with van der Waals surface area (Å²) in [6.45, 7) is 2.20. The van der Waals surface area contributed by atoms with Crippen molar-refractivity contribution in [1.82, 2.24) is 0 Å². The molecule has 0 spiro atoms. The van der Waals surface area contributed by atoms with E-state index in [0.29, 0.717) is 12.0 Å². The summed E-state index contributed by atoms with van der Waals surface area (Å²) in [4.78, 5) is 10.2. The molecule has 4 nitrogen and oxygen atoms in total. The molecule has 0 saturated carbocycles. The minimum Gasteiger partial charge on any atom is -0.502 e. The second-order valence-electron chi connectivity index (χ2n) is 4.91. The topological polar surface area (TPSA) is 63.4 Å². The number of aromatic hydroxyl groups is 1. The average molecular weight is 265 g/mol. The first kappa shape index (κ1) is 15.5. The number of aryl methyl sites for hydroxylation is 1. The van der Waals surface area contributed by atoms with Crippen LogP contribution in [0.2, 0.25) is 0 Å². The molecule has 0 aromatic heterocycles. The molecule has 4 heteroatoms. The normalized spacial score (nSPS) is 10.6. The molecule has 0 saturated heterocycles. The van der Waals surface area contributed by atoms with Crippen molar-refractivity contribution in [1.29, 1.82) is 0 Å². The molecule has 1 aromatic carbocycles. The predicted molar refractivity (Wildman–Crippen MR) is 76.5 cm³/mol. The minimum atomic E-state index is -0.538. The summed E-state index contributed by atoms with van der Waals surface area (Å²) < 4.78 is 0. The van der Waals surface area contributed by atoms with Gasteiger partial charge in [-0.15, -0.1) is 0 Å². The number of nitro benzene ring substituents is 1. The molecule has 0 radical (unpaired) electrons. The van der Waals surface area contributed by atoms with Crippen molar-refractivity contribution < 1.29 is 10.0 Å². The van der Waals surface area contributed by atoms with E-state index in [9.17, 15) is 15.2 Å². The lowest BCUT2D eigenvalue weighted by molar-refractivity contribution is -0.385. The zero-order valence-corrected chi connectivity index (χ0v) is 11.6. The third kappa shape index (κ3) is 5.28. The summed E-state index contributed by atoms with van der Waals surface area (Å²) in [5.74, 6) is -0.168.